The molecule has 3 aromatic rings. The van der Waals surface area contributed by atoms with Gasteiger partial charge >= 0.3 is 0 Å². The highest BCUT2D eigenvalue weighted by Crippen LogP contribution is 2.19. The quantitative estimate of drug-likeness (QED) is 0.686. The number of nitrogens with zero attached hydrogens (tertiary/aromatic N) is 2. The summed E-state index contributed by atoms with van der Waals surface area (Å²) < 4.78 is 5.77. The topological polar surface area (TPSA) is 79.9 Å². The monoisotopic (exact) mass is 364 g/mol. The van der Waals surface area contributed by atoms with Gasteiger partial charge in [-0.05, 0) is 51.0 Å². The summed E-state index contributed by atoms with van der Waals surface area (Å²) in [6.45, 7) is 5.94. The van der Waals surface area contributed by atoms with Gasteiger partial charge in [-0.3, -0.25) is 4.79 Å². The van der Waals surface area contributed by atoms with E-state index in [-0.39, 0.29) is 11.5 Å². The van der Waals surface area contributed by atoms with E-state index >= 15 is 0 Å². The molecule has 0 radical (unpaired) electrons. The highest BCUT2D eigenvalue weighted by Gasteiger charge is 2.13. The molecule has 1 amide bonds. The van der Waals surface area contributed by atoms with Gasteiger partial charge in [0.1, 0.15) is 5.60 Å². The number of aryl methyl sites for hydroxylation is 1. The highest BCUT2D eigenvalue weighted by molar-refractivity contribution is 5.91. The normalized spacial score (nSPS) is 11.2. The van der Waals surface area contributed by atoms with E-state index < -0.39 is 0 Å². The molecule has 27 heavy (non-hydrogen) atoms. The van der Waals surface area contributed by atoms with E-state index in [0.29, 0.717) is 18.7 Å². The molecule has 0 fully saturated rings. The maximum absolute atomic E-state index is 12.2. The molecule has 0 atom stereocenters. The number of hydrogen-bond acceptors (Lipinski definition) is 4. The molecule has 6 heteroatoms. The van der Waals surface area contributed by atoms with Crippen LogP contribution in [0, 0.1) is 0 Å². The molecule has 0 aliphatic rings. The second-order valence-corrected chi connectivity index (χ2v) is 7.27. The van der Waals surface area contributed by atoms with E-state index in [4.69, 9.17) is 4.74 Å². The molecule has 0 saturated heterocycles. The van der Waals surface area contributed by atoms with Crippen molar-refractivity contribution in [1.29, 1.82) is 0 Å². The third kappa shape index (κ3) is 5.67. The molecule has 2 aromatic heterocycles. The lowest BCUT2D eigenvalue weighted by atomic mass is 10.1. The van der Waals surface area contributed by atoms with Crippen molar-refractivity contribution in [3.8, 4) is 17.1 Å². The largest absolute Gasteiger partial charge is 0.472 e. The summed E-state index contributed by atoms with van der Waals surface area (Å²) in [5.41, 5.74) is 3.26. The number of H-pyrrole nitrogens is 1. The predicted molar refractivity (Wildman–Crippen MR) is 106 cm³/mol. The predicted octanol–water partition coefficient (Wildman–Crippen LogP) is 4.22. The van der Waals surface area contributed by atoms with Crippen LogP contribution in [0.5, 0.6) is 5.88 Å². The summed E-state index contributed by atoms with van der Waals surface area (Å²) in [6.07, 6.45) is 4.31. The van der Waals surface area contributed by atoms with Crippen LogP contribution in [0.3, 0.4) is 0 Å². The van der Waals surface area contributed by atoms with Crippen molar-refractivity contribution in [2.45, 2.75) is 39.2 Å². The van der Waals surface area contributed by atoms with Crippen molar-refractivity contribution in [3.05, 3.63) is 60.7 Å². The number of nitrogens with one attached hydrogen (secondary N) is 2. The maximum Gasteiger partial charge on any atom is 0.224 e. The van der Waals surface area contributed by atoms with Crippen LogP contribution in [0.1, 0.15) is 32.9 Å². The minimum absolute atomic E-state index is 0.0479. The van der Waals surface area contributed by atoms with Crippen LogP contribution in [-0.2, 0) is 11.2 Å². The molecular weight excluding hydrogens is 340 g/mol. The van der Waals surface area contributed by atoms with E-state index in [2.05, 4.69) is 20.3 Å². The molecule has 0 saturated carbocycles. The average Bonchev–Trinajstić information content (AvgIpc) is 3.14. The van der Waals surface area contributed by atoms with E-state index in [1.807, 2.05) is 63.2 Å². The number of anilines is 1. The van der Waals surface area contributed by atoms with Gasteiger partial charge in [0.25, 0.3) is 0 Å². The first-order valence-corrected chi connectivity index (χ1v) is 8.93. The van der Waals surface area contributed by atoms with Crippen molar-refractivity contribution >= 4 is 11.6 Å². The van der Waals surface area contributed by atoms with Crippen molar-refractivity contribution < 1.29 is 9.53 Å². The number of hydrogen-bond donors (Lipinski definition) is 2. The third-order valence-electron chi connectivity index (χ3n) is 3.78. The number of aromatic nitrogens is 3. The standard InChI is InChI=1S/C21H24N4O2/c1-21(2,3)27-20-6-4-5-16(25-20)11-12-19(26)24-17-9-7-15(8-10-17)18-13-22-14-23-18/h4-10,13-14H,11-12H2,1-3H3,(H,22,23)(H,24,26). The fourth-order valence-electron chi connectivity index (χ4n) is 2.58. The molecule has 0 bridgehead atoms. The van der Waals surface area contributed by atoms with Gasteiger partial charge in [-0.2, -0.15) is 0 Å². The second-order valence-electron chi connectivity index (χ2n) is 7.27. The molecule has 0 spiro atoms. The first-order valence-electron chi connectivity index (χ1n) is 8.93. The minimum Gasteiger partial charge on any atom is -0.472 e. The fraction of sp³-hybridized carbons (Fsp3) is 0.286. The Morgan fingerprint density at radius 3 is 2.59 bits per heavy atom. The maximum atomic E-state index is 12.2. The number of aromatic amines is 1. The van der Waals surface area contributed by atoms with E-state index in [0.717, 1.165) is 22.6 Å². The highest BCUT2D eigenvalue weighted by atomic mass is 16.5. The van der Waals surface area contributed by atoms with Crippen LogP contribution in [0.2, 0.25) is 0 Å². The molecule has 140 valence electrons. The Morgan fingerprint density at radius 1 is 1.15 bits per heavy atom. The van der Waals surface area contributed by atoms with Gasteiger partial charge in [0.15, 0.2) is 0 Å². The van der Waals surface area contributed by atoms with Gasteiger partial charge in [0, 0.05) is 23.9 Å². The van der Waals surface area contributed by atoms with Gasteiger partial charge in [-0.15, -0.1) is 0 Å². The summed E-state index contributed by atoms with van der Waals surface area (Å²) in [6, 6.07) is 13.3. The lowest BCUT2D eigenvalue weighted by Crippen LogP contribution is -2.23. The van der Waals surface area contributed by atoms with Crippen LogP contribution in [-0.4, -0.2) is 26.5 Å². The van der Waals surface area contributed by atoms with Crippen molar-refractivity contribution in [3.63, 3.8) is 0 Å². The Balaban J connectivity index is 1.53. The number of carbonyl (C=O) groups excluding carboxylic acids is 1. The van der Waals surface area contributed by atoms with Gasteiger partial charge in [0.05, 0.1) is 18.2 Å². The van der Waals surface area contributed by atoms with Crippen LogP contribution in [0.4, 0.5) is 5.69 Å². The number of benzene rings is 1. The molecule has 2 N–H and O–H groups in total. The molecule has 3 rings (SSSR count). The summed E-state index contributed by atoms with van der Waals surface area (Å²) in [5.74, 6) is 0.531. The summed E-state index contributed by atoms with van der Waals surface area (Å²) in [4.78, 5) is 23.8. The van der Waals surface area contributed by atoms with Gasteiger partial charge in [-0.1, -0.05) is 18.2 Å². The lowest BCUT2D eigenvalue weighted by Gasteiger charge is -2.20. The molecular formula is C21H24N4O2. The molecule has 0 aliphatic carbocycles. The van der Waals surface area contributed by atoms with E-state index in [1.165, 1.54) is 0 Å². The Bertz CT molecular complexity index is 881. The Labute approximate surface area is 159 Å². The molecule has 1 aromatic carbocycles. The summed E-state index contributed by atoms with van der Waals surface area (Å²) in [5, 5.41) is 2.91. The smallest absolute Gasteiger partial charge is 0.224 e. The van der Waals surface area contributed by atoms with Crippen molar-refractivity contribution in [2.24, 2.45) is 0 Å². The number of imidazole rings is 1. The zero-order chi connectivity index (χ0) is 19.3. The molecule has 6 nitrogen and oxygen atoms in total. The van der Waals surface area contributed by atoms with Gasteiger partial charge in [0.2, 0.25) is 11.8 Å². The van der Waals surface area contributed by atoms with Crippen LogP contribution in [0.25, 0.3) is 11.3 Å². The Hall–Kier alpha value is -3.15. The Kier molecular flexibility index (Phi) is 5.54. The second kappa shape index (κ2) is 8.03. The average molecular weight is 364 g/mol. The molecule has 0 unspecified atom stereocenters. The first-order chi connectivity index (χ1) is 12.9. The van der Waals surface area contributed by atoms with Gasteiger partial charge in [-0.25, -0.2) is 9.97 Å². The van der Waals surface area contributed by atoms with Gasteiger partial charge < -0.3 is 15.0 Å². The minimum atomic E-state index is -0.300. The fourth-order valence-corrected chi connectivity index (χ4v) is 2.58. The van der Waals surface area contributed by atoms with Crippen molar-refractivity contribution in [1.82, 2.24) is 15.0 Å². The number of pyridine rings is 1. The van der Waals surface area contributed by atoms with E-state index in [1.54, 1.807) is 12.5 Å². The zero-order valence-corrected chi connectivity index (χ0v) is 15.8. The number of rotatable bonds is 6. The summed E-state index contributed by atoms with van der Waals surface area (Å²) >= 11 is 0. The van der Waals surface area contributed by atoms with Crippen LogP contribution in [0.15, 0.2) is 55.0 Å². The Morgan fingerprint density at radius 2 is 1.93 bits per heavy atom. The lowest BCUT2D eigenvalue weighted by molar-refractivity contribution is -0.116. The van der Waals surface area contributed by atoms with Crippen LogP contribution < -0.4 is 10.1 Å². The van der Waals surface area contributed by atoms with Crippen LogP contribution >= 0.6 is 0 Å². The van der Waals surface area contributed by atoms with E-state index in [9.17, 15) is 4.79 Å². The SMILES string of the molecule is CC(C)(C)Oc1cccc(CCC(=O)Nc2ccc(-c3cnc[nH]3)cc2)n1. The number of ether oxygens (including phenoxy) is 1. The molecule has 0 aliphatic heterocycles. The van der Waals surface area contributed by atoms with Crippen molar-refractivity contribution in [2.75, 3.05) is 5.32 Å². The molecule has 2 heterocycles. The zero-order valence-electron chi connectivity index (χ0n) is 15.8. The number of carbonyl (C=O) groups is 1. The first kappa shape index (κ1) is 18.6. The number of amides is 1. The third-order valence-corrected chi connectivity index (χ3v) is 3.78. The summed E-state index contributed by atoms with van der Waals surface area (Å²) in [7, 11) is 0.